The second-order valence-corrected chi connectivity index (χ2v) is 5.87. The van der Waals surface area contributed by atoms with E-state index in [0.717, 1.165) is 5.92 Å². The van der Waals surface area contributed by atoms with E-state index in [1.807, 2.05) is 0 Å². The van der Waals surface area contributed by atoms with Crippen LogP contribution in [0.5, 0.6) is 0 Å². The first kappa shape index (κ1) is 11.3. The zero-order valence-corrected chi connectivity index (χ0v) is 11.2. The molecule has 2 aliphatic heterocycles. The van der Waals surface area contributed by atoms with Crippen LogP contribution < -0.4 is 10.2 Å². The molecule has 2 nitrogen and oxygen atoms in total. The van der Waals surface area contributed by atoms with Gasteiger partial charge in [0.15, 0.2) is 0 Å². The molecule has 2 aliphatic rings. The van der Waals surface area contributed by atoms with Crippen LogP contribution in [0.25, 0.3) is 10.8 Å². The van der Waals surface area contributed by atoms with Gasteiger partial charge in [-0.3, -0.25) is 0 Å². The van der Waals surface area contributed by atoms with Crippen molar-refractivity contribution in [1.82, 2.24) is 5.32 Å². The van der Waals surface area contributed by atoms with E-state index in [0.29, 0.717) is 6.04 Å². The Kier molecular flexibility index (Phi) is 2.70. The summed E-state index contributed by atoms with van der Waals surface area (Å²) in [5.41, 5.74) is 1.41. The van der Waals surface area contributed by atoms with Crippen molar-refractivity contribution in [2.45, 2.75) is 18.9 Å². The number of benzene rings is 2. The highest BCUT2D eigenvalue weighted by atomic mass is 15.2. The zero-order chi connectivity index (χ0) is 12.7. The van der Waals surface area contributed by atoms with Crippen molar-refractivity contribution in [3.05, 3.63) is 42.5 Å². The predicted octanol–water partition coefficient (Wildman–Crippen LogP) is 3.03. The zero-order valence-electron chi connectivity index (χ0n) is 11.2. The fourth-order valence-electron chi connectivity index (χ4n) is 3.73. The van der Waals surface area contributed by atoms with Crippen molar-refractivity contribution in [2.24, 2.45) is 5.92 Å². The first-order valence-electron chi connectivity index (χ1n) is 7.38. The van der Waals surface area contributed by atoms with Gasteiger partial charge in [-0.25, -0.2) is 0 Å². The Morgan fingerprint density at radius 3 is 2.84 bits per heavy atom. The molecule has 4 rings (SSSR count). The number of piperidine rings is 1. The van der Waals surface area contributed by atoms with Gasteiger partial charge >= 0.3 is 0 Å². The molecule has 0 aliphatic carbocycles. The van der Waals surface area contributed by atoms with Crippen molar-refractivity contribution >= 4 is 16.5 Å². The van der Waals surface area contributed by atoms with Gasteiger partial charge in [-0.15, -0.1) is 0 Å². The number of hydrogen-bond donors (Lipinski definition) is 1. The predicted molar refractivity (Wildman–Crippen MR) is 80.7 cm³/mol. The molecule has 0 radical (unpaired) electrons. The van der Waals surface area contributed by atoms with Crippen LogP contribution >= 0.6 is 0 Å². The Hall–Kier alpha value is -1.54. The van der Waals surface area contributed by atoms with Crippen molar-refractivity contribution in [2.75, 3.05) is 24.5 Å². The van der Waals surface area contributed by atoms with Crippen LogP contribution in [0.4, 0.5) is 5.69 Å². The van der Waals surface area contributed by atoms with Gasteiger partial charge in [-0.2, -0.15) is 0 Å². The van der Waals surface area contributed by atoms with E-state index in [9.17, 15) is 0 Å². The Bertz CT molecular complexity index is 573. The molecule has 2 heteroatoms. The topological polar surface area (TPSA) is 15.3 Å². The lowest BCUT2D eigenvalue weighted by molar-refractivity contribution is 0.340. The molecule has 2 atom stereocenters. The summed E-state index contributed by atoms with van der Waals surface area (Å²) in [6, 6.07) is 16.1. The molecule has 0 bridgehead atoms. The average molecular weight is 252 g/mol. The summed E-state index contributed by atoms with van der Waals surface area (Å²) in [6.45, 7) is 3.58. The lowest BCUT2D eigenvalue weighted by Crippen LogP contribution is -2.40. The lowest BCUT2D eigenvalue weighted by Gasteiger charge is -2.24. The van der Waals surface area contributed by atoms with Crippen LogP contribution in [0.15, 0.2) is 42.5 Å². The summed E-state index contributed by atoms with van der Waals surface area (Å²) < 4.78 is 0. The maximum Gasteiger partial charge on any atom is 0.0446 e. The largest absolute Gasteiger partial charge is 0.369 e. The van der Waals surface area contributed by atoms with Crippen LogP contribution in [0.3, 0.4) is 0 Å². The number of hydrogen-bond acceptors (Lipinski definition) is 2. The standard InChI is InChI=1S/C17H20N2/c1-2-8-15-13(5-1)6-3-9-17(15)19-11-14-7-4-10-18-16(14)12-19/h1-3,5-6,8-9,14,16,18H,4,7,10-12H2/t14-,16-/m0/s1. The molecule has 2 aromatic rings. The van der Waals surface area contributed by atoms with Crippen LogP contribution in [0.2, 0.25) is 0 Å². The van der Waals surface area contributed by atoms with Gasteiger partial charge in [0.05, 0.1) is 0 Å². The van der Waals surface area contributed by atoms with E-state index in [1.54, 1.807) is 0 Å². The van der Waals surface area contributed by atoms with Crippen molar-refractivity contribution in [3.63, 3.8) is 0 Å². The molecule has 2 saturated heterocycles. The van der Waals surface area contributed by atoms with Crippen LogP contribution in [-0.2, 0) is 0 Å². The van der Waals surface area contributed by atoms with Gasteiger partial charge in [0.2, 0.25) is 0 Å². The monoisotopic (exact) mass is 252 g/mol. The molecular formula is C17H20N2. The molecule has 98 valence electrons. The molecule has 2 heterocycles. The molecule has 19 heavy (non-hydrogen) atoms. The second kappa shape index (κ2) is 4.53. The maximum absolute atomic E-state index is 3.69. The Morgan fingerprint density at radius 2 is 1.89 bits per heavy atom. The molecule has 0 unspecified atom stereocenters. The summed E-state index contributed by atoms with van der Waals surface area (Å²) in [6.07, 6.45) is 2.73. The summed E-state index contributed by atoms with van der Waals surface area (Å²) >= 11 is 0. The number of anilines is 1. The molecule has 1 N–H and O–H groups in total. The fourth-order valence-corrected chi connectivity index (χ4v) is 3.73. The molecule has 2 aromatic carbocycles. The van der Waals surface area contributed by atoms with Crippen molar-refractivity contribution in [1.29, 1.82) is 0 Å². The summed E-state index contributed by atoms with van der Waals surface area (Å²) in [5.74, 6) is 0.840. The molecule has 0 saturated carbocycles. The van der Waals surface area contributed by atoms with Gasteiger partial charge in [0.1, 0.15) is 0 Å². The van der Waals surface area contributed by atoms with Crippen LogP contribution in [0, 0.1) is 5.92 Å². The molecule has 0 amide bonds. The van der Waals surface area contributed by atoms with Gasteiger partial charge in [0, 0.05) is 30.2 Å². The Labute approximate surface area is 114 Å². The number of rotatable bonds is 1. The molecular weight excluding hydrogens is 232 g/mol. The molecule has 0 aromatic heterocycles. The average Bonchev–Trinajstić information content (AvgIpc) is 2.90. The van der Waals surface area contributed by atoms with Gasteiger partial charge in [-0.1, -0.05) is 36.4 Å². The van der Waals surface area contributed by atoms with E-state index >= 15 is 0 Å². The Morgan fingerprint density at radius 1 is 1.00 bits per heavy atom. The second-order valence-electron chi connectivity index (χ2n) is 5.87. The first-order chi connectivity index (χ1) is 9.42. The van der Waals surface area contributed by atoms with E-state index in [-0.39, 0.29) is 0 Å². The number of fused-ring (bicyclic) bond motifs is 2. The minimum atomic E-state index is 0.702. The Balaban J connectivity index is 1.71. The van der Waals surface area contributed by atoms with E-state index in [4.69, 9.17) is 0 Å². The van der Waals surface area contributed by atoms with Crippen LogP contribution in [-0.4, -0.2) is 25.7 Å². The first-order valence-corrected chi connectivity index (χ1v) is 7.38. The van der Waals surface area contributed by atoms with Crippen molar-refractivity contribution < 1.29 is 0 Å². The SMILES string of the molecule is c1ccc2c(N3C[C@@H]4CCCN[C@H]4C3)cccc2c1. The number of nitrogens with zero attached hydrogens (tertiary/aromatic N) is 1. The normalized spacial score (nSPS) is 26.6. The van der Waals surface area contributed by atoms with E-state index in [1.165, 1.54) is 48.9 Å². The third-order valence-electron chi connectivity index (χ3n) is 4.71. The summed E-state index contributed by atoms with van der Waals surface area (Å²) in [7, 11) is 0. The fraction of sp³-hybridized carbons (Fsp3) is 0.412. The maximum atomic E-state index is 3.69. The van der Waals surface area contributed by atoms with E-state index < -0.39 is 0 Å². The summed E-state index contributed by atoms with van der Waals surface area (Å²) in [5, 5.41) is 6.43. The third-order valence-corrected chi connectivity index (χ3v) is 4.71. The minimum absolute atomic E-state index is 0.702. The third kappa shape index (κ3) is 1.91. The van der Waals surface area contributed by atoms with E-state index in [2.05, 4.69) is 52.7 Å². The highest BCUT2D eigenvalue weighted by Crippen LogP contribution is 2.33. The summed E-state index contributed by atoms with van der Waals surface area (Å²) in [4.78, 5) is 2.58. The van der Waals surface area contributed by atoms with Crippen LogP contribution in [0.1, 0.15) is 12.8 Å². The molecule has 0 spiro atoms. The highest BCUT2D eigenvalue weighted by Gasteiger charge is 2.34. The van der Waals surface area contributed by atoms with Gasteiger partial charge < -0.3 is 10.2 Å². The smallest absolute Gasteiger partial charge is 0.0446 e. The quantitative estimate of drug-likeness (QED) is 0.839. The molecule has 2 fully saturated rings. The minimum Gasteiger partial charge on any atom is -0.369 e. The van der Waals surface area contributed by atoms with Crippen molar-refractivity contribution in [3.8, 4) is 0 Å². The lowest BCUT2D eigenvalue weighted by atomic mass is 9.94. The van der Waals surface area contributed by atoms with Gasteiger partial charge in [-0.05, 0) is 36.8 Å². The van der Waals surface area contributed by atoms with Gasteiger partial charge in [0.25, 0.3) is 0 Å². The number of nitrogens with one attached hydrogen (secondary N) is 1. The highest BCUT2D eigenvalue weighted by molar-refractivity contribution is 5.94.